The molecule has 16 heavy (non-hydrogen) atoms. The molecule has 1 rings (SSSR count). The summed E-state index contributed by atoms with van der Waals surface area (Å²) >= 11 is 0. The summed E-state index contributed by atoms with van der Waals surface area (Å²) in [4.78, 5) is 2.28. The molecule has 0 aliphatic heterocycles. The van der Waals surface area contributed by atoms with Gasteiger partial charge in [0, 0.05) is 6.04 Å². The molecular formula is C13H24N2O. The molecule has 0 aliphatic carbocycles. The van der Waals surface area contributed by atoms with Gasteiger partial charge in [0.05, 0.1) is 6.04 Å². The van der Waals surface area contributed by atoms with Gasteiger partial charge in [-0.2, -0.15) is 0 Å². The normalized spacial score (nSPS) is 15.4. The molecule has 0 saturated carbocycles. The van der Waals surface area contributed by atoms with E-state index in [1.807, 2.05) is 26.0 Å². The smallest absolute Gasteiger partial charge is 0.122 e. The van der Waals surface area contributed by atoms with Gasteiger partial charge in [-0.15, -0.1) is 0 Å². The number of aryl methyl sites for hydroxylation is 1. The fourth-order valence-electron chi connectivity index (χ4n) is 2.04. The molecule has 1 aromatic rings. The zero-order valence-electron chi connectivity index (χ0n) is 10.9. The highest BCUT2D eigenvalue weighted by Crippen LogP contribution is 2.24. The van der Waals surface area contributed by atoms with E-state index in [9.17, 15) is 0 Å². The fourth-order valence-corrected chi connectivity index (χ4v) is 2.04. The summed E-state index contributed by atoms with van der Waals surface area (Å²) in [5, 5.41) is 0. The quantitative estimate of drug-likeness (QED) is 0.808. The van der Waals surface area contributed by atoms with Gasteiger partial charge in [-0.05, 0) is 46.0 Å². The molecule has 1 aromatic heterocycles. The minimum Gasteiger partial charge on any atom is -0.465 e. The number of likely N-dealkylation sites (N-methyl/N-ethyl adjacent to an activating group) is 1. The van der Waals surface area contributed by atoms with Crippen molar-refractivity contribution in [3.63, 3.8) is 0 Å². The van der Waals surface area contributed by atoms with Crippen molar-refractivity contribution in [2.75, 3.05) is 13.6 Å². The van der Waals surface area contributed by atoms with Crippen LogP contribution >= 0.6 is 0 Å². The van der Waals surface area contributed by atoms with Gasteiger partial charge in [0.2, 0.25) is 0 Å². The van der Waals surface area contributed by atoms with Crippen LogP contribution in [0.5, 0.6) is 0 Å². The standard InChI is InChI=1S/C13H24N2O/c1-5-6-9-15(4)13(11(3)14)12-8-7-10(2)16-12/h7-8,11,13H,5-6,9,14H2,1-4H3. The van der Waals surface area contributed by atoms with Crippen LogP contribution in [0.2, 0.25) is 0 Å². The summed E-state index contributed by atoms with van der Waals surface area (Å²) in [6, 6.07) is 4.29. The van der Waals surface area contributed by atoms with E-state index in [0.29, 0.717) is 0 Å². The zero-order chi connectivity index (χ0) is 12.1. The van der Waals surface area contributed by atoms with E-state index in [0.717, 1.165) is 18.1 Å². The Morgan fingerprint density at radius 2 is 2.12 bits per heavy atom. The molecule has 2 unspecified atom stereocenters. The Balaban J connectivity index is 2.74. The lowest BCUT2D eigenvalue weighted by molar-refractivity contribution is 0.187. The van der Waals surface area contributed by atoms with Crippen molar-refractivity contribution >= 4 is 0 Å². The molecule has 0 radical (unpaired) electrons. The Morgan fingerprint density at radius 3 is 2.56 bits per heavy atom. The predicted octanol–water partition coefficient (Wildman–Crippen LogP) is 2.71. The van der Waals surface area contributed by atoms with Crippen LogP contribution in [-0.4, -0.2) is 24.5 Å². The highest BCUT2D eigenvalue weighted by atomic mass is 16.3. The van der Waals surface area contributed by atoms with Gasteiger partial charge in [-0.25, -0.2) is 0 Å². The van der Waals surface area contributed by atoms with Gasteiger partial charge in [-0.3, -0.25) is 4.90 Å². The highest BCUT2D eigenvalue weighted by Gasteiger charge is 2.23. The molecule has 0 bridgehead atoms. The summed E-state index contributed by atoms with van der Waals surface area (Å²) in [6.45, 7) is 7.26. The monoisotopic (exact) mass is 224 g/mol. The third kappa shape index (κ3) is 3.35. The lowest BCUT2D eigenvalue weighted by atomic mass is 10.1. The molecule has 3 heteroatoms. The number of hydrogen-bond donors (Lipinski definition) is 1. The first kappa shape index (κ1) is 13.3. The summed E-state index contributed by atoms with van der Waals surface area (Å²) < 4.78 is 5.69. The van der Waals surface area contributed by atoms with Gasteiger partial charge in [0.1, 0.15) is 11.5 Å². The molecule has 1 heterocycles. The molecule has 0 aromatic carbocycles. The van der Waals surface area contributed by atoms with Crippen molar-refractivity contribution in [3.8, 4) is 0 Å². The third-order valence-electron chi connectivity index (χ3n) is 2.89. The number of rotatable bonds is 6. The lowest BCUT2D eigenvalue weighted by Gasteiger charge is -2.29. The first-order chi connectivity index (χ1) is 7.56. The predicted molar refractivity (Wildman–Crippen MR) is 67.4 cm³/mol. The Bertz CT molecular complexity index is 307. The Morgan fingerprint density at radius 1 is 1.44 bits per heavy atom. The van der Waals surface area contributed by atoms with Crippen LogP contribution in [0, 0.1) is 6.92 Å². The molecular weight excluding hydrogens is 200 g/mol. The van der Waals surface area contributed by atoms with Crippen LogP contribution in [0.3, 0.4) is 0 Å². The SMILES string of the molecule is CCCCN(C)C(c1ccc(C)o1)C(C)N. The maximum atomic E-state index is 6.05. The molecule has 2 atom stereocenters. The van der Waals surface area contributed by atoms with Crippen molar-refractivity contribution in [2.24, 2.45) is 5.73 Å². The Hall–Kier alpha value is -0.800. The molecule has 0 spiro atoms. The van der Waals surface area contributed by atoms with Crippen molar-refractivity contribution in [2.45, 2.75) is 45.7 Å². The van der Waals surface area contributed by atoms with Crippen molar-refractivity contribution < 1.29 is 4.42 Å². The maximum Gasteiger partial charge on any atom is 0.122 e. The van der Waals surface area contributed by atoms with Gasteiger partial charge in [0.15, 0.2) is 0 Å². The van der Waals surface area contributed by atoms with Gasteiger partial charge >= 0.3 is 0 Å². The molecule has 0 amide bonds. The summed E-state index contributed by atoms with van der Waals surface area (Å²) in [5.41, 5.74) is 6.05. The van der Waals surface area contributed by atoms with Crippen LogP contribution in [-0.2, 0) is 0 Å². The average molecular weight is 224 g/mol. The third-order valence-corrected chi connectivity index (χ3v) is 2.89. The number of nitrogens with two attached hydrogens (primary N) is 1. The van der Waals surface area contributed by atoms with Crippen LogP contribution in [0.15, 0.2) is 16.5 Å². The van der Waals surface area contributed by atoms with E-state index in [2.05, 4.69) is 18.9 Å². The van der Waals surface area contributed by atoms with E-state index in [1.165, 1.54) is 12.8 Å². The van der Waals surface area contributed by atoms with Crippen molar-refractivity contribution in [1.29, 1.82) is 0 Å². The van der Waals surface area contributed by atoms with Gasteiger partial charge in [-0.1, -0.05) is 13.3 Å². The van der Waals surface area contributed by atoms with Crippen LogP contribution in [0.25, 0.3) is 0 Å². The van der Waals surface area contributed by atoms with E-state index >= 15 is 0 Å². The average Bonchev–Trinajstić information content (AvgIpc) is 2.61. The number of nitrogens with zero attached hydrogens (tertiary/aromatic N) is 1. The number of hydrogen-bond acceptors (Lipinski definition) is 3. The summed E-state index contributed by atoms with van der Waals surface area (Å²) in [7, 11) is 2.11. The second-order valence-corrected chi connectivity index (χ2v) is 4.59. The first-order valence-corrected chi connectivity index (χ1v) is 6.08. The summed E-state index contributed by atoms with van der Waals surface area (Å²) in [5.74, 6) is 1.93. The fraction of sp³-hybridized carbons (Fsp3) is 0.692. The van der Waals surface area contributed by atoms with Crippen LogP contribution in [0.4, 0.5) is 0 Å². The molecule has 0 fully saturated rings. The van der Waals surface area contributed by atoms with E-state index in [-0.39, 0.29) is 12.1 Å². The van der Waals surface area contributed by atoms with Crippen LogP contribution in [0.1, 0.15) is 44.3 Å². The second kappa shape index (κ2) is 6.06. The zero-order valence-corrected chi connectivity index (χ0v) is 10.9. The first-order valence-electron chi connectivity index (χ1n) is 6.08. The van der Waals surface area contributed by atoms with Crippen molar-refractivity contribution in [1.82, 2.24) is 4.90 Å². The molecule has 0 aliphatic rings. The van der Waals surface area contributed by atoms with Crippen LogP contribution < -0.4 is 5.73 Å². The topological polar surface area (TPSA) is 42.4 Å². The lowest BCUT2D eigenvalue weighted by Crippen LogP contribution is -2.37. The van der Waals surface area contributed by atoms with E-state index in [1.54, 1.807) is 0 Å². The summed E-state index contributed by atoms with van der Waals surface area (Å²) in [6.07, 6.45) is 2.40. The molecule has 3 nitrogen and oxygen atoms in total. The molecule has 2 N–H and O–H groups in total. The number of unbranched alkanes of at least 4 members (excludes halogenated alkanes) is 1. The molecule has 92 valence electrons. The largest absolute Gasteiger partial charge is 0.465 e. The Kier molecular flexibility index (Phi) is 5.03. The highest BCUT2D eigenvalue weighted by molar-refractivity contribution is 5.11. The van der Waals surface area contributed by atoms with Crippen molar-refractivity contribution in [3.05, 3.63) is 23.7 Å². The second-order valence-electron chi connectivity index (χ2n) is 4.59. The van der Waals surface area contributed by atoms with E-state index in [4.69, 9.17) is 10.2 Å². The van der Waals surface area contributed by atoms with Gasteiger partial charge in [0.25, 0.3) is 0 Å². The Labute approximate surface area is 98.6 Å². The molecule has 0 saturated heterocycles. The minimum absolute atomic E-state index is 0.0763. The minimum atomic E-state index is 0.0763. The van der Waals surface area contributed by atoms with E-state index < -0.39 is 0 Å². The maximum absolute atomic E-state index is 6.05. The van der Waals surface area contributed by atoms with Gasteiger partial charge < -0.3 is 10.2 Å². The number of furan rings is 1.